The molecule has 6 heteroatoms. The molecule has 0 bridgehead atoms. The Labute approximate surface area is 140 Å². The van der Waals surface area contributed by atoms with Crippen LogP contribution in [0.25, 0.3) is 21.9 Å². The second kappa shape index (κ2) is 5.78. The quantitative estimate of drug-likeness (QED) is 0.776. The molecule has 1 unspecified atom stereocenters. The number of nitrogens with one attached hydrogen (secondary N) is 2. The number of anilines is 1. The highest BCUT2D eigenvalue weighted by atomic mass is 16.1. The van der Waals surface area contributed by atoms with Crippen molar-refractivity contribution in [3.8, 4) is 0 Å². The Kier molecular flexibility index (Phi) is 3.59. The maximum atomic E-state index is 11.9. The molecule has 124 valence electrons. The SMILES string of the molecule is CC(C)C(=O)NC1CCN(c2cc[nH]c3cnc4nccc4c23)C1. The highest BCUT2D eigenvalue weighted by molar-refractivity contribution is 6.10. The van der Waals surface area contributed by atoms with Crippen molar-refractivity contribution in [3.05, 3.63) is 30.7 Å². The summed E-state index contributed by atoms with van der Waals surface area (Å²) in [5, 5.41) is 5.36. The van der Waals surface area contributed by atoms with Crippen LogP contribution in [0.15, 0.2) is 30.7 Å². The highest BCUT2D eigenvalue weighted by Gasteiger charge is 2.26. The van der Waals surface area contributed by atoms with E-state index in [4.69, 9.17) is 0 Å². The minimum atomic E-state index is 0.0206. The number of H-pyrrole nitrogens is 1. The average Bonchev–Trinajstić information content (AvgIpc) is 3.22. The van der Waals surface area contributed by atoms with Crippen LogP contribution >= 0.6 is 0 Å². The van der Waals surface area contributed by atoms with E-state index in [2.05, 4.69) is 31.2 Å². The van der Waals surface area contributed by atoms with E-state index < -0.39 is 0 Å². The first-order valence-electron chi connectivity index (χ1n) is 8.39. The summed E-state index contributed by atoms with van der Waals surface area (Å²) in [4.78, 5) is 26.3. The third-order valence-corrected chi connectivity index (χ3v) is 4.67. The molecule has 0 aromatic carbocycles. The van der Waals surface area contributed by atoms with Crippen LogP contribution in [0.3, 0.4) is 0 Å². The van der Waals surface area contributed by atoms with E-state index in [0.29, 0.717) is 0 Å². The highest BCUT2D eigenvalue weighted by Crippen LogP contribution is 2.32. The van der Waals surface area contributed by atoms with Gasteiger partial charge in [-0.25, -0.2) is 9.97 Å². The molecule has 0 radical (unpaired) electrons. The smallest absolute Gasteiger partial charge is 0.222 e. The Morgan fingerprint density at radius 3 is 3.08 bits per heavy atom. The summed E-state index contributed by atoms with van der Waals surface area (Å²) in [5.74, 6) is 0.146. The zero-order valence-corrected chi connectivity index (χ0v) is 13.9. The van der Waals surface area contributed by atoms with Crippen LogP contribution in [-0.2, 0) is 4.79 Å². The molecule has 1 fully saturated rings. The first-order chi connectivity index (χ1) is 11.6. The van der Waals surface area contributed by atoms with Crippen molar-refractivity contribution in [3.63, 3.8) is 0 Å². The van der Waals surface area contributed by atoms with Gasteiger partial charge in [0.2, 0.25) is 5.91 Å². The third kappa shape index (κ3) is 2.48. The fourth-order valence-corrected chi connectivity index (χ4v) is 3.37. The van der Waals surface area contributed by atoms with Gasteiger partial charge in [0.1, 0.15) is 0 Å². The van der Waals surface area contributed by atoms with Gasteiger partial charge in [-0.2, -0.15) is 0 Å². The normalized spacial score (nSPS) is 18.0. The first-order valence-corrected chi connectivity index (χ1v) is 8.39. The Bertz CT molecular complexity index is 901. The molecule has 1 amide bonds. The summed E-state index contributed by atoms with van der Waals surface area (Å²) >= 11 is 0. The largest absolute Gasteiger partial charge is 0.369 e. The number of carbonyl (C=O) groups is 1. The van der Waals surface area contributed by atoms with Gasteiger partial charge < -0.3 is 15.2 Å². The van der Waals surface area contributed by atoms with E-state index in [1.807, 2.05) is 32.3 Å². The number of aromatic amines is 1. The van der Waals surface area contributed by atoms with Crippen LogP contribution in [0, 0.1) is 5.92 Å². The van der Waals surface area contributed by atoms with Gasteiger partial charge in [0.05, 0.1) is 11.7 Å². The molecule has 1 atom stereocenters. The lowest BCUT2D eigenvalue weighted by molar-refractivity contribution is -0.124. The Morgan fingerprint density at radius 2 is 2.25 bits per heavy atom. The number of amides is 1. The van der Waals surface area contributed by atoms with Gasteiger partial charge in [-0.15, -0.1) is 0 Å². The van der Waals surface area contributed by atoms with E-state index in [1.165, 1.54) is 5.69 Å². The van der Waals surface area contributed by atoms with E-state index in [-0.39, 0.29) is 17.9 Å². The fraction of sp³-hybridized carbons (Fsp3) is 0.389. The monoisotopic (exact) mass is 323 g/mol. The minimum absolute atomic E-state index is 0.0206. The van der Waals surface area contributed by atoms with Gasteiger partial charge in [-0.1, -0.05) is 13.8 Å². The van der Waals surface area contributed by atoms with Crippen molar-refractivity contribution >= 4 is 33.5 Å². The van der Waals surface area contributed by atoms with E-state index in [0.717, 1.165) is 41.4 Å². The Hall–Kier alpha value is -2.63. The molecular weight excluding hydrogens is 302 g/mol. The van der Waals surface area contributed by atoms with Crippen LogP contribution in [-0.4, -0.2) is 40.0 Å². The zero-order valence-electron chi connectivity index (χ0n) is 13.9. The molecule has 4 heterocycles. The number of hydrogen-bond donors (Lipinski definition) is 2. The molecule has 2 N–H and O–H groups in total. The van der Waals surface area contributed by atoms with Gasteiger partial charge in [-0.3, -0.25) is 4.79 Å². The number of fused-ring (bicyclic) bond motifs is 3. The van der Waals surface area contributed by atoms with Gasteiger partial charge in [0, 0.05) is 53.9 Å². The summed E-state index contributed by atoms with van der Waals surface area (Å²) in [7, 11) is 0. The van der Waals surface area contributed by atoms with Crippen molar-refractivity contribution in [2.75, 3.05) is 18.0 Å². The second-order valence-corrected chi connectivity index (χ2v) is 6.69. The topological polar surface area (TPSA) is 73.9 Å². The van der Waals surface area contributed by atoms with Crippen LogP contribution in [0.1, 0.15) is 20.3 Å². The lowest BCUT2D eigenvalue weighted by Gasteiger charge is -2.21. The maximum absolute atomic E-state index is 11.9. The second-order valence-electron chi connectivity index (χ2n) is 6.69. The van der Waals surface area contributed by atoms with Crippen molar-refractivity contribution in [2.24, 2.45) is 5.92 Å². The lowest BCUT2D eigenvalue weighted by atomic mass is 10.1. The fourth-order valence-electron chi connectivity index (χ4n) is 3.37. The van der Waals surface area contributed by atoms with Gasteiger partial charge in [-0.05, 0) is 18.6 Å². The van der Waals surface area contributed by atoms with E-state index in [9.17, 15) is 4.79 Å². The molecule has 3 aromatic heterocycles. The molecule has 3 aromatic rings. The predicted octanol–water partition coefficient (Wildman–Crippen LogP) is 2.46. The number of carbonyl (C=O) groups excluding carboxylic acids is 1. The van der Waals surface area contributed by atoms with Crippen molar-refractivity contribution in [1.29, 1.82) is 0 Å². The van der Waals surface area contributed by atoms with Crippen molar-refractivity contribution in [2.45, 2.75) is 26.3 Å². The minimum Gasteiger partial charge on any atom is -0.369 e. The molecule has 6 nitrogen and oxygen atoms in total. The van der Waals surface area contributed by atoms with E-state index in [1.54, 1.807) is 6.20 Å². The molecule has 4 rings (SSSR count). The van der Waals surface area contributed by atoms with Gasteiger partial charge >= 0.3 is 0 Å². The molecule has 24 heavy (non-hydrogen) atoms. The lowest BCUT2D eigenvalue weighted by Crippen LogP contribution is -2.39. The van der Waals surface area contributed by atoms with Crippen molar-refractivity contribution in [1.82, 2.24) is 20.3 Å². The Balaban J connectivity index is 1.68. The number of hydrogen-bond acceptors (Lipinski definition) is 4. The summed E-state index contributed by atoms with van der Waals surface area (Å²) in [6, 6.07) is 4.31. The molecule has 1 aliphatic rings. The summed E-state index contributed by atoms with van der Waals surface area (Å²) in [5.41, 5.74) is 2.94. The van der Waals surface area contributed by atoms with Crippen molar-refractivity contribution < 1.29 is 4.79 Å². The maximum Gasteiger partial charge on any atom is 0.222 e. The molecule has 1 saturated heterocycles. The third-order valence-electron chi connectivity index (χ3n) is 4.67. The average molecular weight is 323 g/mol. The number of nitrogens with zero attached hydrogens (tertiary/aromatic N) is 3. The van der Waals surface area contributed by atoms with Crippen LogP contribution in [0.5, 0.6) is 0 Å². The number of rotatable bonds is 3. The predicted molar refractivity (Wildman–Crippen MR) is 95.0 cm³/mol. The van der Waals surface area contributed by atoms with E-state index >= 15 is 0 Å². The summed E-state index contributed by atoms with van der Waals surface area (Å²) in [6.45, 7) is 5.61. The van der Waals surface area contributed by atoms with Gasteiger partial charge in [0.25, 0.3) is 0 Å². The summed E-state index contributed by atoms with van der Waals surface area (Å²) in [6.07, 6.45) is 6.54. The molecule has 0 saturated carbocycles. The standard InChI is InChI=1S/C18H21N5O/c1-11(2)18(24)22-12-5-8-23(10-12)15-4-7-19-14-9-21-17-13(16(14)15)3-6-20-17/h3-4,6-7,9,11-12,19H,5,8,10H2,1-2H3,(H,22,24). The Morgan fingerprint density at radius 1 is 1.38 bits per heavy atom. The molecular formula is C18H21N5O. The van der Waals surface area contributed by atoms with Crippen LogP contribution < -0.4 is 10.2 Å². The summed E-state index contributed by atoms with van der Waals surface area (Å²) < 4.78 is 0. The van der Waals surface area contributed by atoms with Crippen LogP contribution in [0.4, 0.5) is 5.69 Å². The number of aromatic nitrogens is 3. The molecule has 1 aliphatic heterocycles. The molecule has 0 spiro atoms. The van der Waals surface area contributed by atoms with Gasteiger partial charge in [0.15, 0.2) is 5.65 Å². The molecule has 0 aliphatic carbocycles. The van der Waals surface area contributed by atoms with Crippen LogP contribution in [0.2, 0.25) is 0 Å². The first kappa shape index (κ1) is 14.9. The zero-order chi connectivity index (χ0) is 16.7. The number of pyridine rings is 2.